The Kier molecular flexibility index (Phi) is 5.70. The molecule has 1 amide bonds. The SMILES string of the molecule is CC(=O)O[C@@H]1[C@@H]2O[C@H]2[C@H](C)C(=O)[C@@H](C)CC=C[C@H]2[C@@H]3O[C@]3(C)[C@@H](C)[C@@H]3[C@H](Cc4ccccc4)NC(=O)[C@@]312. The summed E-state index contributed by atoms with van der Waals surface area (Å²) in [5.74, 6) is -1.35. The minimum atomic E-state index is -1.06. The van der Waals surface area contributed by atoms with Gasteiger partial charge in [0.15, 0.2) is 0 Å². The number of benzene rings is 1. The van der Waals surface area contributed by atoms with Crippen LogP contribution in [0.3, 0.4) is 0 Å². The molecule has 2 aliphatic carbocycles. The highest BCUT2D eigenvalue weighted by Crippen LogP contribution is 2.68. The van der Waals surface area contributed by atoms with Crippen molar-refractivity contribution in [2.75, 3.05) is 0 Å². The van der Waals surface area contributed by atoms with Crippen LogP contribution in [0.2, 0.25) is 0 Å². The molecule has 5 aliphatic rings. The zero-order chi connectivity index (χ0) is 26.3. The van der Waals surface area contributed by atoms with Gasteiger partial charge in [0, 0.05) is 36.6 Å². The number of ether oxygens (including phenoxy) is 3. The largest absolute Gasteiger partial charge is 0.458 e. The van der Waals surface area contributed by atoms with Crippen molar-refractivity contribution in [1.29, 1.82) is 0 Å². The topological polar surface area (TPSA) is 97.5 Å². The summed E-state index contributed by atoms with van der Waals surface area (Å²) in [5.41, 5.74) is -0.288. The molecule has 1 spiro atoms. The van der Waals surface area contributed by atoms with E-state index in [4.69, 9.17) is 14.2 Å². The maximum atomic E-state index is 14.4. The number of carbonyl (C=O) groups excluding carboxylic acids is 3. The zero-order valence-electron chi connectivity index (χ0n) is 22.2. The molecule has 3 heterocycles. The third-order valence-electron chi connectivity index (χ3n) is 10.1. The Hall–Kier alpha value is -2.51. The first-order valence-electron chi connectivity index (χ1n) is 13.7. The Bertz CT molecular complexity index is 1150. The van der Waals surface area contributed by atoms with Gasteiger partial charge in [-0.25, -0.2) is 0 Å². The molecule has 12 atom stereocenters. The molecule has 3 aliphatic heterocycles. The van der Waals surface area contributed by atoms with Crippen LogP contribution in [0.25, 0.3) is 0 Å². The predicted octanol–water partition coefficient (Wildman–Crippen LogP) is 3.25. The average molecular weight is 508 g/mol. The highest BCUT2D eigenvalue weighted by molar-refractivity contribution is 5.89. The van der Waals surface area contributed by atoms with Crippen LogP contribution in [0.4, 0.5) is 0 Å². The highest BCUT2D eigenvalue weighted by Gasteiger charge is 2.80. The third-order valence-corrected chi connectivity index (χ3v) is 10.1. The number of rotatable bonds is 3. The van der Waals surface area contributed by atoms with Crippen molar-refractivity contribution >= 4 is 17.7 Å². The average Bonchev–Trinajstić information content (AvgIpc) is 3.76. The monoisotopic (exact) mass is 507 g/mol. The standard InChI is InChI=1S/C30H37NO6/c1-15-10-9-13-20-26-29(5,37-26)17(3)22-21(14-19-11-7-6-8-12-19)31-28(34)30(20,22)27(35-18(4)32)25-24(36-25)16(2)23(15)33/h6-9,11-13,15-17,20-22,24-27H,10,14H2,1-5H3,(H,31,34)/t15-,16+,17-,20-,21-,22+,24-,25+,26-,27+,29+,30-/m0/s1. The Balaban J connectivity index is 1.51. The Morgan fingerprint density at radius 3 is 2.57 bits per heavy atom. The van der Waals surface area contributed by atoms with Gasteiger partial charge in [0.1, 0.15) is 23.4 Å². The van der Waals surface area contributed by atoms with Crippen LogP contribution < -0.4 is 5.32 Å². The van der Waals surface area contributed by atoms with Crippen molar-refractivity contribution in [1.82, 2.24) is 5.32 Å². The van der Waals surface area contributed by atoms with E-state index in [1.807, 2.05) is 38.1 Å². The molecule has 1 saturated carbocycles. The molecule has 198 valence electrons. The molecule has 7 nitrogen and oxygen atoms in total. The maximum absolute atomic E-state index is 14.4. The van der Waals surface area contributed by atoms with Gasteiger partial charge in [-0.2, -0.15) is 0 Å². The van der Waals surface area contributed by atoms with Gasteiger partial charge in [0.2, 0.25) is 5.91 Å². The minimum Gasteiger partial charge on any atom is -0.458 e. The summed E-state index contributed by atoms with van der Waals surface area (Å²) in [4.78, 5) is 40.1. The number of fused-ring (bicyclic) bond motifs is 3. The van der Waals surface area contributed by atoms with E-state index in [0.29, 0.717) is 12.8 Å². The normalized spacial score (nSPS) is 47.9. The van der Waals surface area contributed by atoms with Crippen LogP contribution in [0.5, 0.6) is 0 Å². The summed E-state index contributed by atoms with van der Waals surface area (Å²) >= 11 is 0. The maximum Gasteiger partial charge on any atom is 0.303 e. The second-order valence-electron chi connectivity index (χ2n) is 12.1. The summed E-state index contributed by atoms with van der Waals surface area (Å²) < 4.78 is 18.7. The van der Waals surface area contributed by atoms with Gasteiger partial charge < -0.3 is 19.5 Å². The van der Waals surface area contributed by atoms with E-state index in [1.54, 1.807) is 0 Å². The molecule has 0 bridgehead atoms. The van der Waals surface area contributed by atoms with E-state index in [0.717, 1.165) is 5.56 Å². The van der Waals surface area contributed by atoms with Crippen LogP contribution in [-0.2, 0) is 35.0 Å². The van der Waals surface area contributed by atoms with Crippen LogP contribution >= 0.6 is 0 Å². The number of hydrogen-bond donors (Lipinski definition) is 1. The molecule has 1 aromatic rings. The lowest BCUT2D eigenvalue weighted by Crippen LogP contribution is -2.62. The molecule has 3 saturated heterocycles. The summed E-state index contributed by atoms with van der Waals surface area (Å²) in [6.07, 6.45) is 3.51. The van der Waals surface area contributed by atoms with Gasteiger partial charge in [-0.15, -0.1) is 0 Å². The molecule has 4 fully saturated rings. The van der Waals surface area contributed by atoms with Crippen LogP contribution in [0, 0.1) is 35.0 Å². The molecule has 1 N–H and O–H groups in total. The van der Waals surface area contributed by atoms with E-state index in [2.05, 4.69) is 37.4 Å². The van der Waals surface area contributed by atoms with Gasteiger partial charge in [-0.3, -0.25) is 14.4 Å². The smallest absolute Gasteiger partial charge is 0.303 e. The number of hydrogen-bond acceptors (Lipinski definition) is 6. The van der Waals surface area contributed by atoms with Crippen LogP contribution in [-0.4, -0.2) is 53.7 Å². The van der Waals surface area contributed by atoms with Crippen LogP contribution in [0.1, 0.15) is 46.6 Å². The first-order valence-corrected chi connectivity index (χ1v) is 13.7. The molecule has 7 heteroatoms. The molecule has 1 aromatic carbocycles. The number of amides is 1. The summed E-state index contributed by atoms with van der Waals surface area (Å²) in [5, 5.41) is 3.35. The lowest BCUT2D eigenvalue weighted by Gasteiger charge is -2.49. The quantitative estimate of drug-likeness (QED) is 0.383. The zero-order valence-corrected chi connectivity index (χ0v) is 22.2. The van der Waals surface area contributed by atoms with Crippen molar-refractivity contribution in [2.24, 2.45) is 35.0 Å². The number of nitrogens with one attached hydrogen (secondary N) is 1. The molecular formula is C30H37NO6. The fourth-order valence-electron chi connectivity index (χ4n) is 8.01. The van der Waals surface area contributed by atoms with Gasteiger partial charge in [-0.1, -0.05) is 63.3 Å². The van der Waals surface area contributed by atoms with Crippen LogP contribution in [0.15, 0.2) is 42.5 Å². The number of esters is 1. The summed E-state index contributed by atoms with van der Waals surface area (Å²) in [6, 6.07) is 10.0. The Labute approximate surface area is 218 Å². The lowest BCUT2D eigenvalue weighted by atomic mass is 9.50. The number of carbonyl (C=O) groups is 3. The molecule has 6 rings (SSSR count). The number of ketones is 1. The van der Waals surface area contributed by atoms with Crippen molar-refractivity contribution in [3.8, 4) is 0 Å². The molecule has 37 heavy (non-hydrogen) atoms. The third kappa shape index (κ3) is 3.57. The minimum absolute atomic E-state index is 0.0353. The van der Waals surface area contributed by atoms with E-state index < -0.39 is 23.6 Å². The molecule has 0 radical (unpaired) electrons. The van der Waals surface area contributed by atoms with Crippen molar-refractivity contribution in [2.45, 2.75) is 83.5 Å². The number of allylic oxidation sites excluding steroid dienone is 1. The number of Topliss-reactive ketones (excluding diaryl/α,β-unsaturated/α-hetero) is 1. The predicted molar refractivity (Wildman–Crippen MR) is 135 cm³/mol. The van der Waals surface area contributed by atoms with E-state index in [9.17, 15) is 14.4 Å². The number of epoxide rings is 2. The van der Waals surface area contributed by atoms with Crippen molar-refractivity contribution < 1.29 is 28.6 Å². The summed E-state index contributed by atoms with van der Waals surface area (Å²) in [6.45, 7) is 9.52. The first-order chi connectivity index (χ1) is 17.6. The highest BCUT2D eigenvalue weighted by atomic mass is 16.6. The fraction of sp³-hybridized carbons (Fsp3) is 0.633. The van der Waals surface area contributed by atoms with Gasteiger partial charge in [0.05, 0.1) is 17.8 Å². The second kappa shape index (κ2) is 8.50. The van der Waals surface area contributed by atoms with Gasteiger partial charge in [0.25, 0.3) is 0 Å². The van der Waals surface area contributed by atoms with E-state index in [-0.39, 0.29) is 65.1 Å². The molecular weight excluding hydrogens is 470 g/mol. The van der Waals surface area contributed by atoms with Crippen molar-refractivity contribution in [3.63, 3.8) is 0 Å². The Morgan fingerprint density at radius 1 is 1.14 bits per heavy atom. The van der Waals surface area contributed by atoms with Gasteiger partial charge >= 0.3 is 5.97 Å². The Morgan fingerprint density at radius 2 is 1.86 bits per heavy atom. The van der Waals surface area contributed by atoms with E-state index in [1.165, 1.54) is 6.92 Å². The summed E-state index contributed by atoms with van der Waals surface area (Å²) in [7, 11) is 0. The van der Waals surface area contributed by atoms with Gasteiger partial charge in [-0.05, 0) is 31.2 Å². The fourth-order valence-corrected chi connectivity index (χ4v) is 8.01. The van der Waals surface area contributed by atoms with E-state index >= 15 is 0 Å². The second-order valence-corrected chi connectivity index (χ2v) is 12.1. The lowest BCUT2D eigenvalue weighted by molar-refractivity contribution is -0.171. The first kappa shape index (κ1) is 24.8. The van der Waals surface area contributed by atoms with Crippen molar-refractivity contribution in [3.05, 3.63) is 48.0 Å². The molecule has 0 unspecified atom stereocenters. The molecule has 0 aromatic heterocycles.